The summed E-state index contributed by atoms with van der Waals surface area (Å²) in [7, 11) is 1.53. The first-order chi connectivity index (χ1) is 18.1. The lowest BCUT2D eigenvalue weighted by atomic mass is 10.0. The molecule has 0 amide bonds. The van der Waals surface area contributed by atoms with Gasteiger partial charge >= 0.3 is 0 Å². The summed E-state index contributed by atoms with van der Waals surface area (Å²) < 4.78 is 12.8. The summed E-state index contributed by atoms with van der Waals surface area (Å²) in [5, 5.41) is 8.81. The number of hydrogen-bond acceptors (Lipinski definition) is 8. The third-order valence-electron chi connectivity index (χ3n) is 5.96. The van der Waals surface area contributed by atoms with Crippen LogP contribution in [-0.2, 0) is 0 Å². The van der Waals surface area contributed by atoms with Crippen molar-refractivity contribution in [2.24, 2.45) is 0 Å². The van der Waals surface area contributed by atoms with E-state index in [0.29, 0.717) is 33.9 Å². The highest BCUT2D eigenvalue weighted by Gasteiger charge is 2.18. The number of nitrogen functional groups attached to an aromatic ring is 1. The zero-order chi connectivity index (χ0) is 25.4. The first kappa shape index (κ1) is 22.2. The summed E-state index contributed by atoms with van der Waals surface area (Å²) in [6.45, 7) is 0. The van der Waals surface area contributed by atoms with Crippen LogP contribution in [0.25, 0.3) is 50.6 Å². The summed E-state index contributed by atoms with van der Waals surface area (Å²) >= 11 is 0. The molecule has 0 bridgehead atoms. The van der Waals surface area contributed by atoms with Gasteiger partial charge in [0.1, 0.15) is 5.56 Å². The predicted molar refractivity (Wildman–Crippen MR) is 140 cm³/mol. The second-order valence-electron chi connectivity index (χ2n) is 8.24. The zero-order valence-corrected chi connectivity index (χ0v) is 19.7. The van der Waals surface area contributed by atoms with E-state index in [1.165, 1.54) is 11.7 Å². The fourth-order valence-corrected chi connectivity index (χ4v) is 4.16. The molecule has 37 heavy (non-hydrogen) atoms. The molecule has 3 aromatic heterocycles. The number of pyridine rings is 1. The van der Waals surface area contributed by atoms with Crippen LogP contribution in [0.4, 0.5) is 5.95 Å². The quantitative estimate of drug-likeness (QED) is 0.369. The molecule has 0 spiro atoms. The van der Waals surface area contributed by atoms with Gasteiger partial charge in [-0.25, -0.2) is 14.5 Å². The molecule has 3 aromatic carbocycles. The molecule has 0 atom stereocenters. The lowest BCUT2D eigenvalue weighted by Gasteiger charge is -2.11. The second-order valence-corrected chi connectivity index (χ2v) is 8.24. The maximum absolute atomic E-state index is 13.4. The van der Waals surface area contributed by atoms with Gasteiger partial charge in [-0.15, -0.1) is 10.2 Å². The number of fused-ring (bicyclic) bond motifs is 1. The van der Waals surface area contributed by atoms with Crippen molar-refractivity contribution in [2.45, 2.75) is 0 Å². The molecule has 6 aromatic rings. The van der Waals surface area contributed by atoms with Gasteiger partial charge in [0, 0.05) is 17.3 Å². The number of ether oxygens (including phenoxy) is 1. The van der Waals surface area contributed by atoms with Crippen LogP contribution in [0.1, 0.15) is 0 Å². The molecule has 0 saturated carbocycles. The van der Waals surface area contributed by atoms with E-state index >= 15 is 0 Å². The average Bonchev–Trinajstić information content (AvgIpc) is 3.44. The second kappa shape index (κ2) is 9.04. The van der Waals surface area contributed by atoms with Crippen molar-refractivity contribution in [3.63, 3.8) is 0 Å². The van der Waals surface area contributed by atoms with Gasteiger partial charge in [0.25, 0.3) is 11.4 Å². The lowest BCUT2D eigenvalue weighted by Crippen LogP contribution is -2.23. The molecule has 3 heterocycles. The Morgan fingerprint density at radius 3 is 2.32 bits per heavy atom. The molecule has 0 aliphatic rings. The van der Waals surface area contributed by atoms with Gasteiger partial charge in [0.05, 0.1) is 23.7 Å². The van der Waals surface area contributed by atoms with Crippen LogP contribution < -0.4 is 16.0 Å². The van der Waals surface area contributed by atoms with Crippen molar-refractivity contribution < 1.29 is 9.15 Å². The number of aromatic nitrogens is 5. The van der Waals surface area contributed by atoms with E-state index in [4.69, 9.17) is 14.9 Å². The maximum atomic E-state index is 13.4. The predicted octanol–water partition coefficient (Wildman–Crippen LogP) is 4.76. The van der Waals surface area contributed by atoms with Gasteiger partial charge in [0.2, 0.25) is 17.7 Å². The van der Waals surface area contributed by atoms with Crippen molar-refractivity contribution in [3.05, 3.63) is 101 Å². The van der Waals surface area contributed by atoms with Crippen molar-refractivity contribution >= 4 is 16.9 Å². The standard InChI is InChI=1S/C28H20N6O3/c1-36-25-22(26-33-32-24(37-26)17-8-4-2-5-9-17)15-19(16-30-25)18-12-13-23-21(14-18)27(35)34(28(29)31-23)20-10-6-3-7-11-20/h2-16H,1H3,(H2,29,31). The Hall–Kier alpha value is -5.31. The van der Waals surface area contributed by atoms with Crippen LogP contribution in [0.2, 0.25) is 0 Å². The van der Waals surface area contributed by atoms with Gasteiger partial charge in [0.15, 0.2) is 0 Å². The number of benzene rings is 3. The minimum absolute atomic E-state index is 0.121. The molecule has 0 saturated heterocycles. The van der Waals surface area contributed by atoms with E-state index in [9.17, 15) is 4.79 Å². The Kier molecular flexibility index (Phi) is 5.42. The normalized spacial score (nSPS) is 11.1. The highest BCUT2D eigenvalue weighted by Crippen LogP contribution is 2.33. The fourth-order valence-electron chi connectivity index (χ4n) is 4.16. The summed E-state index contributed by atoms with van der Waals surface area (Å²) in [6.07, 6.45) is 1.67. The Balaban J connectivity index is 1.46. The molecule has 6 rings (SSSR count). The topological polar surface area (TPSA) is 122 Å². The smallest absolute Gasteiger partial charge is 0.267 e. The third-order valence-corrected chi connectivity index (χ3v) is 5.96. The van der Waals surface area contributed by atoms with Gasteiger partial charge in [-0.1, -0.05) is 42.5 Å². The number of nitrogens with two attached hydrogens (primary N) is 1. The van der Waals surface area contributed by atoms with E-state index in [1.54, 1.807) is 18.3 Å². The Morgan fingerprint density at radius 1 is 0.838 bits per heavy atom. The molecule has 180 valence electrons. The number of nitrogens with zero attached hydrogens (tertiary/aromatic N) is 5. The van der Waals surface area contributed by atoms with Gasteiger partial charge in [-0.2, -0.15) is 0 Å². The van der Waals surface area contributed by atoms with Crippen LogP contribution in [0.5, 0.6) is 5.88 Å². The number of methoxy groups -OCH3 is 1. The number of hydrogen-bond donors (Lipinski definition) is 1. The molecular formula is C28H20N6O3. The first-order valence-corrected chi connectivity index (χ1v) is 11.4. The number of rotatable bonds is 5. The largest absolute Gasteiger partial charge is 0.480 e. The van der Waals surface area contributed by atoms with E-state index in [0.717, 1.165) is 16.7 Å². The Labute approximate surface area is 210 Å². The Bertz CT molecular complexity index is 1800. The summed E-state index contributed by atoms with van der Waals surface area (Å²) in [5.41, 5.74) is 9.85. The van der Waals surface area contributed by atoms with Crippen molar-refractivity contribution in [3.8, 4) is 45.6 Å². The molecule has 0 unspecified atom stereocenters. The molecule has 9 nitrogen and oxygen atoms in total. The summed E-state index contributed by atoms with van der Waals surface area (Å²) in [6, 6.07) is 25.9. The number of para-hydroxylation sites is 1. The summed E-state index contributed by atoms with van der Waals surface area (Å²) in [4.78, 5) is 22.3. The van der Waals surface area contributed by atoms with E-state index in [1.807, 2.05) is 72.8 Å². The molecule has 0 fully saturated rings. The van der Waals surface area contributed by atoms with E-state index in [2.05, 4.69) is 20.2 Å². The monoisotopic (exact) mass is 488 g/mol. The van der Waals surface area contributed by atoms with Crippen LogP contribution in [0.15, 0.2) is 100 Å². The number of anilines is 1. The van der Waals surface area contributed by atoms with Crippen LogP contribution in [0.3, 0.4) is 0 Å². The van der Waals surface area contributed by atoms with Crippen molar-refractivity contribution in [1.82, 2.24) is 24.7 Å². The van der Waals surface area contributed by atoms with Crippen LogP contribution >= 0.6 is 0 Å². The van der Waals surface area contributed by atoms with Crippen LogP contribution in [0, 0.1) is 0 Å². The van der Waals surface area contributed by atoms with E-state index in [-0.39, 0.29) is 17.4 Å². The van der Waals surface area contributed by atoms with Crippen LogP contribution in [-0.4, -0.2) is 31.8 Å². The lowest BCUT2D eigenvalue weighted by molar-refractivity contribution is 0.398. The molecule has 0 aliphatic heterocycles. The van der Waals surface area contributed by atoms with Gasteiger partial charge in [-0.05, 0) is 48.0 Å². The van der Waals surface area contributed by atoms with Crippen molar-refractivity contribution in [1.29, 1.82) is 0 Å². The highest BCUT2D eigenvalue weighted by molar-refractivity contribution is 5.85. The minimum Gasteiger partial charge on any atom is -0.480 e. The molecule has 0 aliphatic carbocycles. The Morgan fingerprint density at radius 2 is 1.57 bits per heavy atom. The zero-order valence-electron chi connectivity index (χ0n) is 19.7. The SMILES string of the molecule is COc1ncc(-c2ccc3nc(N)n(-c4ccccc4)c(=O)c3c2)cc1-c1nnc(-c2ccccc2)o1. The van der Waals surface area contributed by atoms with Crippen molar-refractivity contribution in [2.75, 3.05) is 12.8 Å². The maximum Gasteiger partial charge on any atom is 0.267 e. The molecule has 0 radical (unpaired) electrons. The van der Waals surface area contributed by atoms with E-state index < -0.39 is 0 Å². The minimum atomic E-state index is -0.262. The molecule has 2 N–H and O–H groups in total. The fraction of sp³-hybridized carbons (Fsp3) is 0.0357. The van der Waals surface area contributed by atoms with Gasteiger partial charge in [-0.3, -0.25) is 4.79 Å². The highest BCUT2D eigenvalue weighted by atomic mass is 16.5. The first-order valence-electron chi connectivity index (χ1n) is 11.4. The van der Waals surface area contributed by atoms with Gasteiger partial charge < -0.3 is 14.9 Å². The average molecular weight is 489 g/mol. The summed E-state index contributed by atoms with van der Waals surface area (Å²) in [5.74, 6) is 1.12. The molecular weight excluding hydrogens is 468 g/mol. The molecule has 9 heteroatoms. The third kappa shape index (κ3) is 3.98.